The Labute approximate surface area is 199 Å². The molecule has 3 rings (SSSR count). The first-order chi connectivity index (χ1) is 16.0. The van der Waals surface area contributed by atoms with Crippen LogP contribution in [-0.4, -0.2) is 61.6 Å². The van der Waals surface area contributed by atoms with Crippen molar-refractivity contribution in [2.75, 3.05) is 44.7 Å². The van der Waals surface area contributed by atoms with E-state index in [1.807, 2.05) is 43.0 Å². The number of ether oxygens (including phenoxy) is 1. The Bertz CT molecular complexity index is 921. The minimum absolute atomic E-state index is 0.0881. The molecule has 0 N–H and O–H groups in total. The number of carbonyl (C=O) groups excluding carboxylic acids is 1. The Morgan fingerprint density at radius 3 is 2.45 bits per heavy atom. The Morgan fingerprint density at radius 1 is 1.12 bits per heavy atom. The van der Waals surface area contributed by atoms with Crippen molar-refractivity contribution < 1.29 is 9.53 Å². The average molecular weight is 450 g/mol. The van der Waals surface area contributed by atoms with Crippen molar-refractivity contribution in [3.63, 3.8) is 0 Å². The number of allylic oxidation sites excluding steroid dienone is 1. The van der Waals surface area contributed by atoms with Crippen LogP contribution in [0.25, 0.3) is 0 Å². The summed E-state index contributed by atoms with van der Waals surface area (Å²) in [4.78, 5) is 19.6. The molecular weight excluding hydrogens is 410 g/mol. The molecule has 1 aliphatic rings. The molecule has 0 saturated carbocycles. The second-order valence-electron chi connectivity index (χ2n) is 8.76. The number of benzene rings is 2. The summed E-state index contributed by atoms with van der Waals surface area (Å²) >= 11 is 0. The van der Waals surface area contributed by atoms with Crippen LogP contribution in [0, 0.1) is 5.92 Å². The minimum atomic E-state index is 0.0881. The van der Waals surface area contributed by atoms with Gasteiger partial charge in [-0.05, 0) is 69.5 Å². The number of hydrogen-bond donors (Lipinski definition) is 0. The van der Waals surface area contributed by atoms with Gasteiger partial charge in [0.25, 0.3) is 5.91 Å². The van der Waals surface area contributed by atoms with Crippen molar-refractivity contribution in [3.8, 4) is 5.75 Å². The molecule has 1 saturated heterocycles. The van der Waals surface area contributed by atoms with Crippen LogP contribution in [0.2, 0.25) is 0 Å². The SMILES string of the molecule is C/C=C/CN1CC[C@@H](N(c2ccc(C(=O)N(CC)CC)cc2)c2cccc(OC)c2)[C@@H](C)C1. The van der Waals surface area contributed by atoms with Crippen LogP contribution in [0.5, 0.6) is 5.75 Å². The van der Waals surface area contributed by atoms with Gasteiger partial charge >= 0.3 is 0 Å². The maximum absolute atomic E-state index is 12.8. The Kier molecular flexibility index (Phi) is 8.95. The molecular formula is C28H39N3O2. The smallest absolute Gasteiger partial charge is 0.253 e. The molecule has 5 nitrogen and oxygen atoms in total. The zero-order valence-electron chi connectivity index (χ0n) is 20.8. The number of piperidine rings is 1. The first-order valence-corrected chi connectivity index (χ1v) is 12.2. The summed E-state index contributed by atoms with van der Waals surface area (Å²) < 4.78 is 5.53. The second kappa shape index (κ2) is 11.9. The van der Waals surface area contributed by atoms with Crippen LogP contribution in [0.1, 0.15) is 44.5 Å². The van der Waals surface area contributed by atoms with Crippen molar-refractivity contribution in [1.29, 1.82) is 0 Å². The first kappa shape index (κ1) is 24.8. The van der Waals surface area contributed by atoms with Crippen molar-refractivity contribution >= 4 is 17.3 Å². The van der Waals surface area contributed by atoms with E-state index in [1.54, 1.807) is 7.11 Å². The van der Waals surface area contributed by atoms with Gasteiger partial charge < -0.3 is 14.5 Å². The Hall–Kier alpha value is -2.79. The van der Waals surface area contributed by atoms with E-state index in [2.05, 4.69) is 60.1 Å². The lowest BCUT2D eigenvalue weighted by atomic mass is 9.91. The Morgan fingerprint density at radius 2 is 1.85 bits per heavy atom. The van der Waals surface area contributed by atoms with Crippen LogP contribution in [0.4, 0.5) is 11.4 Å². The van der Waals surface area contributed by atoms with Crippen molar-refractivity contribution in [2.45, 2.75) is 40.2 Å². The molecule has 0 spiro atoms. The second-order valence-corrected chi connectivity index (χ2v) is 8.76. The van der Waals surface area contributed by atoms with Crippen LogP contribution < -0.4 is 9.64 Å². The summed E-state index contributed by atoms with van der Waals surface area (Å²) in [5, 5.41) is 0. The van der Waals surface area contributed by atoms with Gasteiger partial charge in [-0.1, -0.05) is 25.1 Å². The molecule has 1 fully saturated rings. The summed E-state index contributed by atoms with van der Waals surface area (Å²) in [6.07, 6.45) is 5.44. The van der Waals surface area contributed by atoms with Gasteiger partial charge in [0.05, 0.1) is 7.11 Å². The third kappa shape index (κ3) is 5.97. The van der Waals surface area contributed by atoms with E-state index < -0.39 is 0 Å². The predicted molar refractivity (Wildman–Crippen MR) is 138 cm³/mol. The van der Waals surface area contributed by atoms with E-state index in [1.165, 1.54) is 0 Å². The van der Waals surface area contributed by atoms with Crippen molar-refractivity contribution in [3.05, 3.63) is 66.2 Å². The van der Waals surface area contributed by atoms with Gasteiger partial charge in [-0.15, -0.1) is 0 Å². The third-order valence-electron chi connectivity index (χ3n) is 6.65. The molecule has 178 valence electrons. The number of rotatable bonds is 9. The quantitative estimate of drug-likeness (QED) is 0.467. The Balaban J connectivity index is 1.92. The number of nitrogens with zero attached hydrogens (tertiary/aromatic N) is 3. The number of methoxy groups -OCH3 is 1. The molecule has 2 aromatic rings. The molecule has 0 bridgehead atoms. The lowest BCUT2D eigenvalue weighted by Gasteiger charge is -2.43. The first-order valence-electron chi connectivity index (χ1n) is 12.2. The number of likely N-dealkylation sites (tertiary alicyclic amines) is 1. The fourth-order valence-corrected chi connectivity index (χ4v) is 4.77. The minimum Gasteiger partial charge on any atom is -0.497 e. The molecule has 0 unspecified atom stereocenters. The van der Waals surface area contributed by atoms with E-state index in [0.29, 0.717) is 12.0 Å². The summed E-state index contributed by atoms with van der Waals surface area (Å²) in [6.45, 7) is 13.0. The number of anilines is 2. The summed E-state index contributed by atoms with van der Waals surface area (Å²) in [6, 6.07) is 16.8. The molecule has 0 radical (unpaired) electrons. The topological polar surface area (TPSA) is 36.0 Å². The third-order valence-corrected chi connectivity index (χ3v) is 6.65. The van der Waals surface area contributed by atoms with E-state index in [-0.39, 0.29) is 5.91 Å². The van der Waals surface area contributed by atoms with Gasteiger partial charge in [-0.3, -0.25) is 9.69 Å². The predicted octanol–water partition coefficient (Wildman–Crippen LogP) is 5.60. The number of hydrogen-bond acceptors (Lipinski definition) is 4. The van der Waals surface area contributed by atoms with Crippen LogP contribution in [0.3, 0.4) is 0 Å². The van der Waals surface area contributed by atoms with Gasteiger partial charge in [0, 0.05) is 61.8 Å². The van der Waals surface area contributed by atoms with E-state index in [4.69, 9.17) is 4.74 Å². The highest BCUT2D eigenvalue weighted by molar-refractivity contribution is 5.94. The highest BCUT2D eigenvalue weighted by Crippen LogP contribution is 2.36. The molecule has 0 aliphatic carbocycles. The maximum Gasteiger partial charge on any atom is 0.253 e. The molecule has 5 heteroatoms. The van der Waals surface area contributed by atoms with Gasteiger partial charge in [-0.25, -0.2) is 0 Å². The molecule has 1 aliphatic heterocycles. The highest BCUT2D eigenvalue weighted by atomic mass is 16.5. The largest absolute Gasteiger partial charge is 0.497 e. The van der Waals surface area contributed by atoms with Gasteiger partial charge in [0.15, 0.2) is 0 Å². The van der Waals surface area contributed by atoms with Crippen molar-refractivity contribution in [1.82, 2.24) is 9.80 Å². The number of amides is 1. The van der Waals surface area contributed by atoms with Gasteiger partial charge in [0.1, 0.15) is 5.75 Å². The maximum atomic E-state index is 12.8. The van der Waals surface area contributed by atoms with Crippen LogP contribution >= 0.6 is 0 Å². The number of carbonyl (C=O) groups is 1. The molecule has 0 aromatic heterocycles. The molecule has 1 heterocycles. The van der Waals surface area contributed by atoms with Gasteiger partial charge in [0.2, 0.25) is 0 Å². The highest BCUT2D eigenvalue weighted by Gasteiger charge is 2.31. The van der Waals surface area contributed by atoms with E-state index >= 15 is 0 Å². The summed E-state index contributed by atoms with van der Waals surface area (Å²) in [7, 11) is 1.71. The summed E-state index contributed by atoms with van der Waals surface area (Å²) in [5.41, 5.74) is 2.97. The summed E-state index contributed by atoms with van der Waals surface area (Å²) in [5.74, 6) is 1.43. The van der Waals surface area contributed by atoms with E-state index in [9.17, 15) is 4.79 Å². The standard InChI is InChI=1S/C28H39N3O2/c1-6-9-18-29-19-17-27(22(4)21-29)31(25-11-10-12-26(20-25)33-5)24-15-13-23(14-16-24)28(32)30(7-2)8-3/h6,9-16,20,22,27H,7-8,17-19,21H2,1-5H3/b9-6+/t22-,27+/m0/s1. The normalized spacial score (nSPS) is 18.9. The zero-order chi connectivity index (χ0) is 23.8. The van der Waals surface area contributed by atoms with E-state index in [0.717, 1.165) is 61.8 Å². The fourth-order valence-electron chi connectivity index (χ4n) is 4.77. The van der Waals surface area contributed by atoms with Crippen LogP contribution in [0.15, 0.2) is 60.7 Å². The molecule has 1 amide bonds. The molecule has 2 aromatic carbocycles. The monoisotopic (exact) mass is 449 g/mol. The van der Waals surface area contributed by atoms with Crippen molar-refractivity contribution in [2.24, 2.45) is 5.92 Å². The lowest BCUT2D eigenvalue weighted by molar-refractivity contribution is 0.0773. The van der Waals surface area contributed by atoms with Gasteiger partial charge in [-0.2, -0.15) is 0 Å². The van der Waals surface area contributed by atoms with Crippen LogP contribution in [-0.2, 0) is 0 Å². The molecule has 2 atom stereocenters. The average Bonchev–Trinajstić information content (AvgIpc) is 2.85. The zero-order valence-corrected chi connectivity index (χ0v) is 20.8. The molecule has 33 heavy (non-hydrogen) atoms. The lowest BCUT2D eigenvalue weighted by Crippen LogP contribution is -2.48. The fraction of sp³-hybridized carbons (Fsp3) is 0.464.